The Bertz CT molecular complexity index is 353. The van der Waals surface area contributed by atoms with Gasteiger partial charge in [0.1, 0.15) is 10.3 Å². The van der Waals surface area contributed by atoms with Crippen LogP contribution < -0.4 is 5.56 Å². The number of halogens is 1. The largest absolute Gasteiger partial charge is 0.492 e. The van der Waals surface area contributed by atoms with Gasteiger partial charge in [0.2, 0.25) is 5.88 Å². The van der Waals surface area contributed by atoms with Crippen LogP contribution in [0.4, 0.5) is 0 Å². The maximum absolute atomic E-state index is 11.1. The SMILES string of the molecule is CCSCc1nc(O)c(Br)c(=O)[nH]1. The number of aromatic nitrogens is 2. The first kappa shape index (κ1) is 10.6. The summed E-state index contributed by atoms with van der Waals surface area (Å²) in [4.78, 5) is 17.5. The molecule has 1 aromatic rings. The number of rotatable bonds is 3. The average Bonchev–Trinajstić information content (AvgIpc) is 2.10. The highest BCUT2D eigenvalue weighted by Gasteiger charge is 2.06. The van der Waals surface area contributed by atoms with Gasteiger partial charge >= 0.3 is 0 Å². The summed E-state index contributed by atoms with van der Waals surface area (Å²) in [5.41, 5.74) is -0.348. The van der Waals surface area contributed by atoms with Gasteiger partial charge in [-0.15, -0.1) is 0 Å². The van der Waals surface area contributed by atoms with Crippen LogP contribution in [-0.2, 0) is 5.75 Å². The van der Waals surface area contributed by atoms with Gasteiger partial charge in [-0.2, -0.15) is 16.7 Å². The van der Waals surface area contributed by atoms with Crippen LogP contribution in [-0.4, -0.2) is 20.8 Å². The standard InChI is InChI=1S/C7H9BrN2O2S/c1-2-13-3-4-9-6(11)5(8)7(12)10-4/h2-3H2,1H3,(H2,9,10,11,12). The van der Waals surface area contributed by atoms with Gasteiger partial charge in [-0.1, -0.05) is 6.92 Å². The van der Waals surface area contributed by atoms with Crippen molar-refractivity contribution in [3.63, 3.8) is 0 Å². The van der Waals surface area contributed by atoms with Crippen molar-refractivity contribution >= 4 is 27.7 Å². The summed E-state index contributed by atoms with van der Waals surface area (Å²) in [5.74, 6) is 1.79. The number of hydrogen-bond acceptors (Lipinski definition) is 4. The molecule has 0 saturated heterocycles. The lowest BCUT2D eigenvalue weighted by atomic mass is 10.6. The topological polar surface area (TPSA) is 66.0 Å². The molecule has 6 heteroatoms. The van der Waals surface area contributed by atoms with E-state index in [1.165, 1.54) is 0 Å². The Labute approximate surface area is 87.9 Å². The van der Waals surface area contributed by atoms with Crippen molar-refractivity contribution in [2.75, 3.05) is 5.75 Å². The number of aromatic hydroxyl groups is 1. The number of aromatic amines is 1. The maximum Gasteiger partial charge on any atom is 0.269 e. The van der Waals surface area contributed by atoms with E-state index < -0.39 is 0 Å². The van der Waals surface area contributed by atoms with E-state index in [2.05, 4.69) is 25.9 Å². The lowest BCUT2D eigenvalue weighted by molar-refractivity contribution is 0.444. The first-order chi connectivity index (χ1) is 6.15. The number of thioether (sulfide) groups is 1. The highest BCUT2D eigenvalue weighted by Crippen LogP contribution is 2.16. The van der Waals surface area contributed by atoms with E-state index in [0.29, 0.717) is 11.6 Å². The molecule has 1 aromatic heterocycles. The summed E-state index contributed by atoms with van der Waals surface area (Å²) < 4.78 is 0.0812. The van der Waals surface area contributed by atoms with Crippen molar-refractivity contribution in [2.45, 2.75) is 12.7 Å². The van der Waals surface area contributed by atoms with Crippen LogP contribution in [0, 0.1) is 0 Å². The number of nitrogens with zero attached hydrogens (tertiary/aromatic N) is 1. The molecule has 0 radical (unpaired) electrons. The van der Waals surface area contributed by atoms with Crippen molar-refractivity contribution < 1.29 is 5.11 Å². The van der Waals surface area contributed by atoms with Gasteiger partial charge < -0.3 is 10.1 Å². The minimum atomic E-state index is -0.348. The summed E-state index contributed by atoms with van der Waals surface area (Å²) >= 11 is 4.54. The fourth-order valence-electron chi connectivity index (χ4n) is 0.759. The van der Waals surface area contributed by atoms with E-state index in [1.807, 2.05) is 6.92 Å². The van der Waals surface area contributed by atoms with Crippen molar-refractivity contribution in [2.24, 2.45) is 0 Å². The molecule has 72 valence electrons. The summed E-state index contributed by atoms with van der Waals surface area (Å²) in [5, 5.41) is 9.19. The summed E-state index contributed by atoms with van der Waals surface area (Å²) in [6, 6.07) is 0. The Hall–Kier alpha value is -0.490. The van der Waals surface area contributed by atoms with Crippen LogP contribution in [0.15, 0.2) is 9.27 Å². The zero-order valence-electron chi connectivity index (χ0n) is 7.00. The Morgan fingerprint density at radius 3 is 2.92 bits per heavy atom. The molecule has 0 saturated carbocycles. The fraction of sp³-hybridized carbons (Fsp3) is 0.429. The second kappa shape index (κ2) is 4.66. The molecule has 0 atom stereocenters. The summed E-state index contributed by atoms with van der Waals surface area (Å²) in [7, 11) is 0. The van der Waals surface area contributed by atoms with Crippen molar-refractivity contribution in [1.82, 2.24) is 9.97 Å². The van der Waals surface area contributed by atoms with Crippen LogP contribution in [0.5, 0.6) is 5.88 Å². The Kier molecular flexibility index (Phi) is 3.80. The van der Waals surface area contributed by atoms with Crippen molar-refractivity contribution in [3.8, 4) is 5.88 Å². The smallest absolute Gasteiger partial charge is 0.269 e. The van der Waals surface area contributed by atoms with Crippen LogP contribution in [0.1, 0.15) is 12.7 Å². The van der Waals surface area contributed by atoms with Gasteiger partial charge in [-0.25, -0.2) is 0 Å². The molecule has 0 spiro atoms. The first-order valence-electron chi connectivity index (χ1n) is 3.70. The number of hydrogen-bond donors (Lipinski definition) is 2. The Morgan fingerprint density at radius 2 is 2.38 bits per heavy atom. The van der Waals surface area contributed by atoms with Crippen LogP contribution >= 0.6 is 27.7 Å². The predicted octanol–water partition coefficient (Wildman–Crippen LogP) is 1.49. The molecule has 1 heterocycles. The molecular weight excluding hydrogens is 256 g/mol. The normalized spacial score (nSPS) is 10.3. The quantitative estimate of drug-likeness (QED) is 0.869. The number of H-pyrrole nitrogens is 1. The highest BCUT2D eigenvalue weighted by molar-refractivity contribution is 9.10. The van der Waals surface area contributed by atoms with Crippen molar-refractivity contribution in [1.29, 1.82) is 0 Å². The third-order valence-electron chi connectivity index (χ3n) is 1.34. The molecule has 1 rings (SSSR count). The lowest BCUT2D eigenvalue weighted by Gasteiger charge is -2.00. The molecule has 13 heavy (non-hydrogen) atoms. The molecule has 0 unspecified atom stereocenters. The third kappa shape index (κ3) is 2.73. The molecule has 2 N–H and O–H groups in total. The first-order valence-corrected chi connectivity index (χ1v) is 5.65. The molecule has 0 aromatic carbocycles. The fourth-order valence-corrected chi connectivity index (χ4v) is 1.48. The van der Waals surface area contributed by atoms with Gasteiger partial charge in [0.15, 0.2) is 0 Å². The molecule has 0 aliphatic carbocycles. The maximum atomic E-state index is 11.1. The molecular formula is C7H9BrN2O2S. The van der Waals surface area contributed by atoms with E-state index in [-0.39, 0.29) is 15.9 Å². The minimum absolute atomic E-state index is 0.0812. The number of nitrogens with one attached hydrogen (secondary N) is 1. The second-order valence-electron chi connectivity index (χ2n) is 2.29. The molecule has 0 bridgehead atoms. The van der Waals surface area contributed by atoms with Gasteiger partial charge in [-0.3, -0.25) is 4.79 Å². The van der Waals surface area contributed by atoms with Gasteiger partial charge in [0.05, 0.1) is 5.75 Å². The van der Waals surface area contributed by atoms with E-state index in [0.717, 1.165) is 5.75 Å². The van der Waals surface area contributed by atoms with Gasteiger partial charge in [-0.05, 0) is 21.7 Å². The van der Waals surface area contributed by atoms with Crippen LogP contribution in [0.2, 0.25) is 0 Å². The molecule has 0 aliphatic rings. The molecule has 0 aliphatic heterocycles. The van der Waals surface area contributed by atoms with E-state index in [4.69, 9.17) is 0 Å². The predicted molar refractivity (Wildman–Crippen MR) is 56.1 cm³/mol. The van der Waals surface area contributed by atoms with Gasteiger partial charge in [0.25, 0.3) is 5.56 Å². The van der Waals surface area contributed by atoms with E-state index >= 15 is 0 Å². The van der Waals surface area contributed by atoms with Crippen molar-refractivity contribution in [3.05, 3.63) is 20.7 Å². The lowest BCUT2D eigenvalue weighted by Crippen LogP contribution is -2.11. The Balaban J connectivity index is 2.93. The van der Waals surface area contributed by atoms with Crippen LogP contribution in [0.3, 0.4) is 0 Å². The van der Waals surface area contributed by atoms with E-state index in [1.54, 1.807) is 11.8 Å². The minimum Gasteiger partial charge on any atom is -0.492 e. The molecule has 0 amide bonds. The van der Waals surface area contributed by atoms with Gasteiger partial charge in [0, 0.05) is 0 Å². The van der Waals surface area contributed by atoms with Crippen LogP contribution in [0.25, 0.3) is 0 Å². The molecule has 4 nitrogen and oxygen atoms in total. The summed E-state index contributed by atoms with van der Waals surface area (Å²) in [6.45, 7) is 2.02. The zero-order chi connectivity index (χ0) is 9.84. The zero-order valence-corrected chi connectivity index (χ0v) is 9.41. The second-order valence-corrected chi connectivity index (χ2v) is 4.35. The summed E-state index contributed by atoms with van der Waals surface area (Å²) in [6.07, 6.45) is 0. The highest BCUT2D eigenvalue weighted by atomic mass is 79.9. The average molecular weight is 265 g/mol. The third-order valence-corrected chi connectivity index (χ3v) is 2.94. The van der Waals surface area contributed by atoms with E-state index in [9.17, 15) is 9.90 Å². The monoisotopic (exact) mass is 264 g/mol. The molecule has 0 fully saturated rings. The Morgan fingerprint density at radius 1 is 1.69 bits per heavy atom.